The van der Waals surface area contributed by atoms with Crippen molar-refractivity contribution < 1.29 is 18.4 Å². The second-order valence-corrected chi connectivity index (χ2v) is 7.22. The molecule has 0 radical (unpaired) electrons. The smallest absolute Gasteiger partial charge is 0.260 e. The van der Waals surface area contributed by atoms with Crippen molar-refractivity contribution in [1.29, 1.82) is 0 Å². The quantitative estimate of drug-likeness (QED) is 0.654. The molecule has 1 saturated heterocycles. The van der Waals surface area contributed by atoms with E-state index in [1.54, 1.807) is 12.1 Å². The van der Waals surface area contributed by atoms with Gasteiger partial charge in [-0.2, -0.15) is 4.98 Å². The van der Waals surface area contributed by atoms with E-state index >= 15 is 0 Å². The van der Waals surface area contributed by atoms with Crippen molar-refractivity contribution in [3.05, 3.63) is 65.8 Å². The van der Waals surface area contributed by atoms with Crippen molar-refractivity contribution in [2.45, 2.75) is 25.7 Å². The molecule has 7 heteroatoms. The van der Waals surface area contributed by atoms with Crippen LogP contribution in [0.4, 0.5) is 4.39 Å². The molecule has 1 aliphatic rings. The summed E-state index contributed by atoms with van der Waals surface area (Å²) in [6.07, 6.45) is 1.50. The zero-order valence-corrected chi connectivity index (χ0v) is 16.2. The van der Waals surface area contributed by atoms with Gasteiger partial charge in [-0.25, -0.2) is 4.39 Å². The van der Waals surface area contributed by atoms with Gasteiger partial charge in [0.15, 0.2) is 6.61 Å². The third-order valence-corrected chi connectivity index (χ3v) is 5.09. The van der Waals surface area contributed by atoms with Gasteiger partial charge in [-0.1, -0.05) is 17.3 Å². The summed E-state index contributed by atoms with van der Waals surface area (Å²) >= 11 is 0. The van der Waals surface area contributed by atoms with Crippen LogP contribution in [-0.4, -0.2) is 40.6 Å². The number of halogens is 1. The molecule has 2 heterocycles. The van der Waals surface area contributed by atoms with Crippen LogP contribution in [0.2, 0.25) is 0 Å². The van der Waals surface area contributed by atoms with E-state index in [1.165, 1.54) is 12.1 Å². The first-order valence-corrected chi connectivity index (χ1v) is 9.65. The Morgan fingerprint density at radius 2 is 1.97 bits per heavy atom. The topological polar surface area (TPSA) is 68.5 Å². The molecule has 6 nitrogen and oxygen atoms in total. The minimum absolute atomic E-state index is 0.0255. The van der Waals surface area contributed by atoms with Gasteiger partial charge in [0.1, 0.15) is 11.6 Å². The molecular formula is C22H22FN3O3. The number of rotatable bonds is 5. The molecule has 1 amide bonds. The molecule has 1 aromatic heterocycles. The van der Waals surface area contributed by atoms with Crippen molar-refractivity contribution in [2.24, 2.45) is 0 Å². The van der Waals surface area contributed by atoms with Gasteiger partial charge in [-0.05, 0) is 61.7 Å². The first-order chi connectivity index (χ1) is 14.1. The van der Waals surface area contributed by atoms with E-state index in [-0.39, 0.29) is 24.2 Å². The summed E-state index contributed by atoms with van der Waals surface area (Å²) in [5, 5.41) is 4.01. The first kappa shape index (κ1) is 19.1. The number of likely N-dealkylation sites (tertiary alicyclic amines) is 1. The van der Waals surface area contributed by atoms with Crippen molar-refractivity contribution in [3.8, 4) is 17.1 Å². The van der Waals surface area contributed by atoms with E-state index in [4.69, 9.17) is 9.26 Å². The molecule has 0 bridgehead atoms. The Balaban J connectivity index is 1.30. The number of hydrogen-bond acceptors (Lipinski definition) is 5. The van der Waals surface area contributed by atoms with E-state index in [2.05, 4.69) is 10.1 Å². The lowest BCUT2D eigenvalue weighted by atomic mass is 9.97. The largest absolute Gasteiger partial charge is 0.484 e. The maximum Gasteiger partial charge on any atom is 0.260 e. The lowest BCUT2D eigenvalue weighted by Gasteiger charge is -2.30. The molecule has 0 saturated carbocycles. The number of aromatic nitrogens is 2. The van der Waals surface area contributed by atoms with Gasteiger partial charge in [0, 0.05) is 24.6 Å². The highest BCUT2D eigenvalue weighted by Gasteiger charge is 2.27. The Labute approximate surface area is 168 Å². The van der Waals surface area contributed by atoms with Crippen LogP contribution >= 0.6 is 0 Å². The van der Waals surface area contributed by atoms with E-state index in [0.29, 0.717) is 36.1 Å². The Bertz CT molecular complexity index is 979. The fraction of sp³-hybridized carbons (Fsp3) is 0.318. The summed E-state index contributed by atoms with van der Waals surface area (Å²) in [4.78, 5) is 18.7. The van der Waals surface area contributed by atoms with Crippen LogP contribution in [-0.2, 0) is 4.79 Å². The SMILES string of the molecule is Cc1cccc(OCC(=O)N2CCC(c3nc(-c4ccc(F)cc4)no3)CC2)c1. The number of nitrogens with zero attached hydrogens (tertiary/aromatic N) is 3. The van der Waals surface area contributed by atoms with Crippen molar-refractivity contribution in [1.82, 2.24) is 15.0 Å². The number of benzene rings is 2. The molecule has 0 spiro atoms. The summed E-state index contributed by atoms with van der Waals surface area (Å²) in [7, 11) is 0. The molecule has 0 unspecified atom stereocenters. The minimum Gasteiger partial charge on any atom is -0.484 e. The normalized spacial score (nSPS) is 14.8. The van der Waals surface area contributed by atoms with Crippen molar-refractivity contribution >= 4 is 5.91 Å². The van der Waals surface area contributed by atoms with Gasteiger partial charge >= 0.3 is 0 Å². The van der Waals surface area contributed by atoms with E-state index < -0.39 is 0 Å². The van der Waals surface area contributed by atoms with Crippen LogP contribution in [0.5, 0.6) is 5.75 Å². The van der Waals surface area contributed by atoms with Gasteiger partial charge in [-0.3, -0.25) is 4.79 Å². The lowest BCUT2D eigenvalue weighted by Crippen LogP contribution is -2.40. The van der Waals surface area contributed by atoms with E-state index in [9.17, 15) is 9.18 Å². The number of ether oxygens (including phenoxy) is 1. The molecule has 0 N–H and O–H groups in total. The Kier molecular flexibility index (Phi) is 5.55. The van der Waals surface area contributed by atoms with Crippen LogP contribution in [0.15, 0.2) is 53.1 Å². The number of carbonyl (C=O) groups excluding carboxylic acids is 1. The fourth-order valence-electron chi connectivity index (χ4n) is 3.43. The predicted octanol–water partition coefficient (Wildman–Crippen LogP) is 3.97. The molecular weight excluding hydrogens is 373 g/mol. The molecule has 29 heavy (non-hydrogen) atoms. The second kappa shape index (κ2) is 8.43. The predicted molar refractivity (Wildman–Crippen MR) is 105 cm³/mol. The summed E-state index contributed by atoms with van der Waals surface area (Å²) in [5.74, 6) is 1.49. The van der Waals surface area contributed by atoms with Gasteiger partial charge < -0.3 is 14.2 Å². The molecule has 2 aromatic carbocycles. The van der Waals surface area contributed by atoms with Gasteiger partial charge in [0.05, 0.1) is 0 Å². The minimum atomic E-state index is -0.305. The second-order valence-electron chi connectivity index (χ2n) is 7.22. The highest BCUT2D eigenvalue weighted by atomic mass is 19.1. The number of carbonyl (C=O) groups is 1. The highest BCUT2D eigenvalue weighted by Crippen LogP contribution is 2.28. The molecule has 0 atom stereocenters. The highest BCUT2D eigenvalue weighted by molar-refractivity contribution is 5.77. The van der Waals surface area contributed by atoms with Crippen LogP contribution in [0.25, 0.3) is 11.4 Å². The van der Waals surface area contributed by atoms with Gasteiger partial charge in [-0.15, -0.1) is 0 Å². The summed E-state index contributed by atoms with van der Waals surface area (Å²) in [5.41, 5.74) is 1.80. The average molecular weight is 395 g/mol. The monoisotopic (exact) mass is 395 g/mol. The van der Waals surface area contributed by atoms with Gasteiger partial charge in [0.2, 0.25) is 11.7 Å². The molecule has 1 fully saturated rings. The zero-order chi connectivity index (χ0) is 20.2. The van der Waals surface area contributed by atoms with Crippen LogP contribution in [0.3, 0.4) is 0 Å². The fourth-order valence-corrected chi connectivity index (χ4v) is 3.43. The standard InChI is InChI=1S/C22H22FN3O3/c1-15-3-2-4-19(13-15)28-14-20(27)26-11-9-17(10-12-26)22-24-21(25-29-22)16-5-7-18(23)8-6-16/h2-8,13,17H,9-12,14H2,1H3. The molecule has 4 rings (SSSR count). The maximum absolute atomic E-state index is 13.1. The number of aryl methyl sites for hydroxylation is 1. The third kappa shape index (κ3) is 4.62. The molecule has 150 valence electrons. The van der Waals surface area contributed by atoms with Crippen molar-refractivity contribution in [3.63, 3.8) is 0 Å². The van der Waals surface area contributed by atoms with E-state index in [1.807, 2.05) is 36.1 Å². The average Bonchev–Trinajstić information content (AvgIpc) is 3.23. The van der Waals surface area contributed by atoms with E-state index in [0.717, 1.165) is 18.4 Å². The Hall–Kier alpha value is -3.22. The van der Waals surface area contributed by atoms with Crippen LogP contribution in [0, 0.1) is 12.7 Å². The zero-order valence-electron chi connectivity index (χ0n) is 16.2. The van der Waals surface area contributed by atoms with Crippen molar-refractivity contribution in [2.75, 3.05) is 19.7 Å². The summed E-state index contributed by atoms with van der Waals surface area (Å²) < 4.78 is 24.1. The molecule has 0 aliphatic carbocycles. The summed E-state index contributed by atoms with van der Waals surface area (Å²) in [6.45, 7) is 3.26. The maximum atomic E-state index is 13.1. The first-order valence-electron chi connectivity index (χ1n) is 9.65. The lowest BCUT2D eigenvalue weighted by molar-refractivity contribution is -0.134. The summed E-state index contributed by atoms with van der Waals surface area (Å²) in [6, 6.07) is 13.6. The Morgan fingerprint density at radius 1 is 1.21 bits per heavy atom. The molecule has 3 aromatic rings. The van der Waals surface area contributed by atoms with Gasteiger partial charge in [0.25, 0.3) is 5.91 Å². The number of amides is 1. The Morgan fingerprint density at radius 3 is 2.69 bits per heavy atom. The number of hydrogen-bond donors (Lipinski definition) is 0. The molecule has 1 aliphatic heterocycles. The third-order valence-electron chi connectivity index (χ3n) is 5.09. The number of piperidine rings is 1. The van der Waals surface area contributed by atoms with Crippen LogP contribution in [0.1, 0.15) is 30.2 Å². The van der Waals surface area contributed by atoms with Crippen LogP contribution < -0.4 is 4.74 Å².